The summed E-state index contributed by atoms with van der Waals surface area (Å²) in [7, 11) is 0. The van der Waals surface area contributed by atoms with Crippen molar-refractivity contribution in [1.29, 1.82) is 0 Å². The second-order valence-corrected chi connectivity index (χ2v) is 4.74. The summed E-state index contributed by atoms with van der Waals surface area (Å²) in [6.45, 7) is 5.21. The van der Waals surface area contributed by atoms with Crippen molar-refractivity contribution in [3.05, 3.63) is 52.8 Å². The van der Waals surface area contributed by atoms with Crippen molar-refractivity contribution in [2.75, 3.05) is 5.32 Å². The van der Waals surface area contributed by atoms with E-state index in [0.717, 1.165) is 5.56 Å². The number of hydrogen-bond acceptors (Lipinski definition) is 4. The molecule has 0 radical (unpaired) electrons. The van der Waals surface area contributed by atoms with E-state index in [1.807, 2.05) is 6.07 Å². The van der Waals surface area contributed by atoms with Gasteiger partial charge >= 0.3 is 0 Å². The quantitative estimate of drug-likeness (QED) is 0.898. The number of carbonyl (C=O) groups is 1. The van der Waals surface area contributed by atoms with Gasteiger partial charge in [0.15, 0.2) is 0 Å². The highest BCUT2D eigenvalue weighted by Crippen LogP contribution is 2.18. The van der Waals surface area contributed by atoms with Gasteiger partial charge in [-0.05, 0) is 44.5 Å². The summed E-state index contributed by atoms with van der Waals surface area (Å²) >= 11 is 0. The van der Waals surface area contributed by atoms with E-state index in [1.54, 1.807) is 45.0 Å². The maximum atomic E-state index is 12.2. The average Bonchev–Trinajstić information content (AvgIpc) is 2.41. The molecule has 1 amide bonds. The van der Waals surface area contributed by atoms with E-state index in [2.05, 4.69) is 15.5 Å². The fourth-order valence-corrected chi connectivity index (χ4v) is 1.85. The van der Waals surface area contributed by atoms with Crippen LogP contribution in [0.25, 0.3) is 0 Å². The standard InChI is InChI=1S/C15H17N3O2/c1-9-7-14(10(2)18-17-9)15(20)16-13-6-4-5-12(8-13)11(3)19/h4-8,11,19H,1-3H3,(H,16,20). The molecule has 1 aromatic carbocycles. The second kappa shape index (κ2) is 5.79. The number of aromatic nitrogens is 2. The molecular weight excluding hydrogens is 254 g/mol. The zero-order chi connectivity index (χ0) is 14.7. The fourth-order valence-electron chi connectivity index (χ4n) is 1.85. The number of amides is 1. The molecule has 1 unspecified atom stereocenters. The third kappa shape index (κ3) is 3.19. The van der Waals surface area contributed by atoms with Gasteiger partial charge in [-0.25, -0.2) is 0 Å². The van der Waals surface area contributed by atoms with E-state index >= 15 is 0 Å². The Labute approximate surface area is 117 Å². The van der Waals surface area contributed by atoms with Gasteiger partial charge in [-0.1, -0.05) is 12.1 Å². The van der Waals surface area contributed by atoms with Crippen LogP contribution in [0.15, 0.2) is 30.3 Å². The largest absolute Gasteiger partial charge is 0.389 e. The van der Waals surface area contributed by atoms with Gasteiger partial charge in [-0.15, -0.1) is 0 Å². The van der Waals surface area contributed by atoms with Gasteiger partial charge in [-0.2, -0.15) is 10.2 Å². The smallest absolute Gasteiger partial charge is 0.257 e. The Morgan fingerprint density at radius 1 is 1.25 bits per heavy atom. The molecule has 0 aliphatic carbocycles. The molecule has 1 aromatic heterocycles. The molecule has 2 rings (SSSR count). The summed E-state index contributed by atoms with van der Waals surface area (Å²) in [4.78, 5) is 12.2. The Kier molecular flexibility index (Phi) is 4.10. The molecule has 1 heterocycles. The molecule has 0 fully saturated rings. The highest BCUT2D eigenvalue weighted by molar-refractivity contribution is 6.05. The molecule has 2 N–H and O–H groups in total. The van der Waals surface area contributed by atoms with Gasteiger partial charge < -0.3 is 10.4 Å². The minimum absolute atomic E-state index is 0.233. The Morgan fingerprint density at radius 2 is 2.00 bits per heavy atom. The number of benzene rings is 1. The summed E-state index contributed by atoms with van der Waals surface area (Å²) in [5.41, 5.74) is 3.17. The van der Waals surface area contributed by atoms with Crippen molar-refractivity contribution in [2.24, 2.45) is 0 Å². The van der Waals surface area contributed by atoms with E-state index in [-0.39, 0.29) is 5.91 Å². The van der Waals surface area contributed by atoms with E-state index in [9.17, 15) is 9.90 Å². The minimum atomic E-state index is -0.571. The Bertz CT molecular complexity index is 639. The molecule has 5 nitrogen and oxygen atoms in total. The van der Waals surface area contributed by atoms with Gasteiger partial charge in [0.1, 0.15) is 0 Å². The Morgan fingerprint density at radius 3 is 2.70 bits per heavy atom. The number of anilines is 1. The first-order valence-electron chi connectivity index (χ1n) is 6.37. The summed E-state index contributed by atoms with van der Waals surface area (Å²) < 4.78 is 0. The van der Waals surface area contributed by atoms with E-state index in [4.69, 9.17) is 0 Å². The molecule has 104 valence electrons. The molecule has 0 spiro atoms. The summed E-state index contributed by atoms with van der Waals surface area (Å²) in [6, 6.07) is 8.83. The predicted octanol–water partition coefficient (Wildman–Crippen LogP) is 2.40. The van der Waals surface area contributed by atoms with Crippen LogP contribution in [-0.2, 0) is 0 Å². The van der Waals surface area contributed by atoms with Gasteiger partial charge in [0.2, 0.25) is 0 Å². The summed E-state index contributed by atoms with van der Waals surface area (Å²) in [5, 5.41) is 20.2. The monoisotopic (exact) mass is 271 g/mol. The maximum Gasteiger partial charge on any atom is 0.257 e. The van der Waals surface area contributed by atoms with Crippen LogP contribution in [0.3, 0.4) is 0 Å². The van der Waals surface area contributed by atoms with Crippen molar-refractivity contribution in [2.45, 2.75) is 26.9 Å². The Balaban J connectivity index is 2.23. The minimum Gasteiger partial charge on any atom is -0.389 e. The van der Waals surface area contributed by atoms with Crippen LogP contribution in [0.5, 0.6) is 0 Å². The molecule has 1 atom stereocenters. The van der Waals surface area contributed by atoms with E-state index in [0.29, 0.717) is 22.6 Å². The lowest BCUT2D eigenvalue weighted by Crippen LogP contribution is -2.15. The first-order chi connectivity index (χ1) is 9.47. The number of hydrogen-bond donors (Lipinski definition) is 2. The molecular formula is C15H17N3O2. The first kappa shape index (κ1) is 14.1. The van der Waals surface area contributed by atoms with Gasteiger partial charge in [0.05, 0.1) is 23.1 Å². The third-order valence-corrected chi connectivity index (χ3v) is 2.97. The van der Waals surface area contributed by atoms with Crippen molar-refractivity contribution in [3.8, 4) is 0 Å². The highest BCUT2D eigenvalue weighted by Gasteiger charge is 2.12. The van der Waals surface area contributed by atoms with Crippen LogP contribution < -0.4 is 5.32 Å². The third-order valence-electron chi connectivity index (χ3n) is 2.97. The van der Waals surface area contributed by atoms with Crippen molar-refractivity contribution in [3.63, 3.8) is 0 Å². The zero-order valence-corrected chi connectivity index (χ0v) is 11.7. The Hall–Kier alpha value is -2.27. The number of carbonyl (C=O) groups excluding carboxylic acids is 1. The maximum absolute atomic E-state index is 12.2. The van der Waals surface area contributed by atoms with Gasteiger partial charge in [-0.3, -0.25) is 4.79 Å². The highest BCUT2D eigenvalue weighted by atomic mass is 16.3. The second-order valence-electron chi connectivity index (χ2n) is 4.74. The van der Waals surface area contributed by atoms with E-state index < -0.39 is 6.10 Å². The van der Waals surface area contributed by atoms with E-state index in [1.165, 1.54) is 0 Å². The number of aliphatic hydroxyl groups is 1. The molecule has 0 aliphatic heterocycles. The lowest BCUT2D eigenvalue weighted by molar-refractivity contribution is 0.102. The number of nitrogens with one attached hydrogen (secondary N) is 1. The predicted molar refractivity (Wildman–Crippen MR) is 76.5 cm³/mol. The normalized spacial score (nSPS) is 12.0. The van der Waals surface area contributed by atoms with Crippen LogP contribution in [0.1, 0.15) is 40.3 Å². The molecule has 20 heavy (non-hydrogen) atoms. The lowest BCUT2D eigenvalue weighted by atomic mass is 10.1. The molecule has 2 aromatic rings. The molecule has 0 saturated heterocycles. The van der Waals surface area contributed by atoms with Crippen LogP contribution in [0.4, 0.5) is 5.69 Å². The van der Waals surface area contributed by atoms with Crippen LogP contribution >= 0.6 is 0 Å². The molecule has 0 saturated carbocycles. The summed E-state index contributed by atoms with van der Waals surface area (Å²) in [5.74, 6) is -0.233. The molecule has 0 aliphatic rings. The van der Waals surface area contributed by atoms with Crippen LogP contribution in [0.2, 0.25) is 0 Å². The summed E-state index contributed by atoms with van der Waals surface area (Å²) in [6.07, 6.45) is -0.571. The average molecular weight is 271 g/mol. The van der Waals surface area contributed by atoms with Crippen LogP contribution in [-0.4, -0.2) is 21.2 Å². The topological polar surface area (TPSA) is 75.1 Å². The van der Waals surface area contributed by atoms with Gasteiger partial charge in [0.25, 0.3) is 5.91 Å². The van der Waals surface area contributed by atoms with Crippen molar-refractivity contribution in [1.82, 2.24) is 10.2 Å². The van der Waals surface area contributed by atoms with Crippen molar-refractivity contribution >= 4 is 11.6 Å². The zero-order valence-electron chi connectivity index (χ0n) is 11.7. The SMILES string of the molecule is Cc1cc(C(=O)Nc2cccc(C(C)O)c2)c(C)nn1. The molecule has 0 bridgehead atoms. The number of rotatable bonds is 3. The number of aryl methyl sites for hydroxylation is 2. The first-order valence-corrected chi connectivity index (χ1v) is 6.37. The fraction of sp³-hybridized carbons (Fsp3) is 0.267. The molecule has 5 heteroatoms. The van der Waals surface area contributed by atoms with Gasteiger partial charge in [0, 0.05) is 5.69 Å². The van der Waals surface area contributed by atoms with Crippen LogP contribution in [0, 0.1) is 13.8 Å². The van der Waals surface area contributed by atoms with Crippen molar-refractivity contribution < 1.29 is 9.90 Å². The number of nitrogens with zero attached hydrogens (tertiary/aromatic N) is 2. The number of aliphatic hydroxyl groups excluding tert-OH is 1. The lowest BCUT2D eigenvalue weighted by Gasteiger charge is -2.10.